The third kappa shape index (κ3) is 7.53. The molecule has 4 atom stereocenters. The minimum absolute atomic E-state index is 0.277. The summed E-state index contributed by atoms with van der Waals surface area (Å²) in [6.07, 6.45) is -2.99. The van der Waals surface area contributed by atoms with Crippen LogP contribution < -0.4 is 0 Å². The molecule has 3 aliphatic heterocycles. The monoisotopic (exact) mass is 568 g/mol. The SMILES string of the molecule is CC1=C(OCc2ccccc2)[C@@H]([C@@H](O)CO)OC1=O.CC1=C(OCc2ccccc2)[C@@H]([C@@H]2COC(C)(C)O2)OC1=O. The first kappa shape index (κ1) is 30.3. The van der Waals surface area contributed by atoms with E-state index in [0.29, 0.717) is 30.1 Å². The van der Waals surface area contributed by atoms with Gasteiger partial charge in [-0.25, -0.2) is 9.59 Å². The van der Waals surface area contributed by atoms with Gasteiger partial charge in [-0.15, -0.1) is 0 Å². The number of ether oxygens (including phenoxy) is 6. The summed E-state index contributed by atoms with van der Waals surface area (Å²) in [7, 11) is 0. The van der Waals surface area contributed by atoms with Gasteiger partial charge >= 0.3 is 11.9 Å². The Morgan fingerprint density at radius 1 is 0.854 bits per heavy atom. The van der Waals surface area contributed by atoms with Crippen LogP contribution in [0.4, 0.5) is 0 Å². The van der Waals surface area contributed by atoms with Gasteiger partial charge in [-0.2, -0.15) is 0 Å². The van der Waals surface area contributed by atoms with E-state index in [0.717, 1.165) is 11.1 Å². The number of aliphatic hydroxyl groups is 2. The average molecular weight is 569 g/mol. The predicted molar refractivity (Wildman–Crippen MR) is 146 cm³/mol. The topological polar surface area (TPSA) is 130 Å². The van der Waals surface area contributed by atoms with E-state index in [-0.39, 0.29) is 24.4 Å². The van der Waals surface area contributed by atoms with E-state index in [1.807, 2.05) is 74.5 Å². The maximum absolute atomic E-state index is 11.9. The lowest BCUT2D eigenvalue weighted by molar-refractivity contribution is -0.163. The molecule has 5 rings (SSSR count). The normalized spacial score (nSPS) is 24.0. The molecule has 41 heavy (non-hydrogen) atoms. The Bertz CT molecular complexity index is 1270. The molecule has 3 aliphatic rings. The van der Waals surface area contributed by atoms with Crippen molar-refractivity contribution < 1.29 is 48.2 Å². The van der Waals surface area contributed by atoms with Gasteiger partial charge in [0.2, 0.25) is 0 Å². The van der Waals surface area contributed by atoms with Gasteiger partial charge in [-0.3, -0.25) is 0 Å². The molecule has 0 aromatic heterocycles. The fraction of sp³-hybridized carbons (Fsp3) is 0.419. The zero-order valence-corrected chi connectivity index (χ0v) is 23.6. The highest BCUT2D eigenvalue weighted by atomic mass is 16.8. The van der Waals surface area contributed by atoms with Crippen LogP contribution in [0.3, 0.4) is 0 Å². The van der Waals surface area contributed by atoms with Gasteiger partial charge in [0.25, 0.3) is 0 Å². The number of carbonyl (C=O) groups is 2. The van der Waals surface area contributed by atoms with Crippen LogP contribution in [0.5, 0.6) is 0 Å². The minimum atomic E-state index is -1.17. The van der Waals surface area contributed by atoms with E-state index in [4.69, 9.17) is 33.5 Å². The molecule has 0 aliphatic carbocycles. The highest BCUT2D eigenvalue weighted by Crippen LogP contribution is 2.34. The summed E-state index contributed by atoms with van der Waals surface area (Å²) < 4.78 is 33.2. The molecule has 0 spiro atoms. The zero-order chi connectivity index (χ0) is 29.6. The van der Waals surface area contributed by atoms with Crippen LogP contribution in [0.15, 0.2) is 83.3 Å². The molecule has 0 saturated carbocycles. The van der Waals surface area contributed by atoms with E-state index < -0.39 is 36.7 Å². The second-order valence-electron chi connectivity index (χ2n) is 10.3. The highest BCUT2D eigenvalue weighted by Gasteiger charge is 2.46. The summed E-state index contributed by atoms with van der Waals surface area (Å²) in [6, 6.07) is 19.2. The van der Waals surface area contributed by atoms with Crippen molar-refractivity contribution in [1.82, 2.24) is 0 Å². The van der Waals surface area contributed by atoms with Crippen molar-refractivity contribution in [2.75, 3.05) is 13.2 Å². The smallest absolute Gasteiger partial charge is 0.338 e. The number of hydrogen-bond acceptors (Lipinski definition) is 10. The summed E-state index contributed by atoms with van der Waals surface area (Å²) in [6.45, 7) is 7.50. The lowest BCUT2D eigenvalue weighted by atomic mass is 10.1. The van der Waals surface area contributed by atoms with E-state index in [2.05, 4.69) is 0 Å². The van der Waals surface area contributed by atoms with Crippen molar-refractivity contribution in [2.45, 2.75) is 71.1 Å². The molecule has 220 valence electrons. The second-order valence-corrected chi connectivity index (χ2v) is 10.3. The highest BCUT2D eigenvalue weighted by molar-refractivity contribution is 5.91. The number of benzene rings is 2. The van der Waals surface area contributed by atoms with Crippen LogP contribution in [-0.4, -0.2) is 65.6 Å². The third-order valence-corrected chi connectivity index (χ3v) is 6.72. The van der Waals surface area contributed by atoms with Crippen LogP contribution in [0.2, 0.25) is 0 Å². The van der Waals surface area contributed by atoms with Crippen molar-refractivity contribution in [3.8, 4) is 0 Å². The molecule has 1 fully saturated rings. The molecule has 0 amide bonds. The van der Waals surface area contributed by atoms with Gasteiger partial charge in [-0.1, -0.05) is 60.7 Å². The summed E-state index contributed by atoms with van der Waals surface area (Å²) in [5.74, 6) is -0.726. The lowest BCUT2D eigenvalue weighted by Gasteiger charge is -2.22. The average Bonchev–Trinajstić information content (AvgIpc) is 3.59. The quantitative estimate of drug-likeness (QED) is 0.435. The maximum Gasteiger partial charge on any atom is 0.338 e. The van der Waals surface area contributed by atoms with Gasteiger partial charge < -0.3 is 38.6 Å². The Hall–Kier alpha value is -3.70. The van der Waals surface area contributed by atoms with Crippen LogP contribution in [0.25, 0.3) is 0 Å². The first-order valence-corrected chi connectivity index (χ1v) is 13.4. The van der Waals surface area contributed by atoms with Crippen molar-refractivity contribution in [3.63, 3.8) is 0 Å². The first-order valence-electron chi connectivity index (χ1n) is 13.4. The van der Waals surface area contributed by atoms with Crippen LogP contribution >= 0.6 is 0 Å². The zero-order valence-electron chi connectivity index (χ0n) is 23.6. The van der Waals surface area contributed by atoms with E-state index >= 15 is 0 Å². The van der Waals surface area contributed by atoms with Crippen molar-refractivity contribution in [2.24, 2.45) is 0 Å². The largest absolute Gasteiger partial charge is 0.489 e. The molecule has 1 saturated heterocycles. The molecule has 10 nitrogen and oxygen atoms in total. The fourth-order valence-electron chi connectivity index (χ4n) is 4.45. The maximum atomic E-state index is 11.9. The molecule has 10 heteroatoms. The Kier molecular flexibility index (Phi) is 9.82. The molecule has 0 unspecified atom stereocenters. The predicted octanol–water partition coefficient (Wildman–Crippen LogP) is 3.31. The summed E-state index contributed by atoms with van der Waals surface area (Å²) >= 11 is 0. The van der Waals surface area contributed by atoms with Gasteiger partial charge in [0.15, 0.2) is 29.5 Å². The number of hydrogen-bond donors (Lipinski definition) is 2. The minimum Gasteiger partial charge on any atom is -0.489 e. The van der Waals surface area contributed by atoms with E-state index in [1.54, 1.807) is 13.8 Å². The Balaban J connectivity index is 0.000000191. The van der Waals surface area contributed by atoms with Crippen LogP contribution in [0.1, 0.15) is 38.8 Å². The van der Waals surface area contributed by atoms with Crippen molar-refractivity contribution >= 4 is 11.9 Å². The summed E-state index contributed by atoms with van der Waals surface area (Å²) in [5.41, 5.74) is 2.80. The van der Waals surface area contributed by atoms with E-state index in [9.17, 15) is 14.7 Å². The van der Waals surface area contributed by atoms with Crippen molar-refractivity contribution in [3.05, 3.63) is 94.5 Å². The molecule has 2 aromatic rings. The third-order valence-electron chi connectivity index (χ3n) is 6.72. The van der Waals surface area contributed by atoms with Crippen LogP contribution in [-0.2, 0) is 51.2 Å². The standard InChI is InChI=1S/C17H20O5.C14H16O5/c1-11-14(19-9-12-7-5-4-6-8-12)15(21-16(11)18)13-10-20-17(2,3)22-13;1-9-12(13(11(16)7-15)19-14(9)17)18-8-10-5-3-2-4-6-10/h4-8,13,15H,9-10H2,1-3H3;2-6,11,13,15-16H,7-8H2,1H3/t13-,15+;11-,13+/m00/s1. The molecular formula is C31H36O10. The number of rotatable bonds is 9. The Labute approximate surface area is 239 Å². The molecule has 2 aromatic carbocycles. The Morgan fingerprint density at radius 3 is 1.88 bits per heavy atom. The second kappa shape index (κ2) is 13.3. The number of aliphatic hydroxyl groups excluding tert-OH is 2. The number of cyclic esters (lactones) is 2. The molecule has 3 heterocycles. The van der Waals surface area contributed by atoms with Crippen LogP contribution in [0, 0.1) is 0 Å². The number of carbonyl (C=O) groups excluding carboxylic acids is 2. The molecule has 0 bridgehead atoms. The number of esters is 2. The summed E-state index contributed by atoms with van der Waals surface area (Å²) in [4.78, 5) is 23.3. The fourth-order valence-corrected chi connectivity index (χ4v) is 4.45. The first-order chi connectivity index (χ1) is 19.6. The van der Waals surface area contributed by atoms with Gasteiger partial charge in [0.1, 0.15) is 25.4 Å². The van der Waals surface area contributed by atoms with Gasteiger partial charge in [0.05, 0.1) is 24.4 Å². The lowest BCUT2D eigenvalue weighted by Crippen LogP contribution is -2.33. The molecule has 0 radical (unpaired) electrons. The van der Waals surface area contributed by atoms with Gasteiger partial charge in [-0.05, 0) is 38.8 Å². The molecule has 2 N–H and O–H groups in total. The van der Waals surface area contributed by atoms with Gasteiger partial charge in [0, 0.05) is 0 Å². The summed E-state index contributed by atoms with van der Waals surface area (Å²) in [5, 5.41) is 18.6. The Morgan fingerprint density at radius 2 is 1.37 bits per heavy atom. The van der Waals surface area contributed by atoms with E-state index in [1.165, 1.54) is 0 Å². The van der Waals surface area contributed by atoms with Crippen molar-refractivity contribution in [1.29, 1.82) is 0 Å². The molecular weight excluding hydrogens is 532 g/mol.